The molecule has 0 saturated carbocycles. The van der Waals surface area contributed by atoms with Crippen LogP contribution in [0.15, 0.2) is 35.4 Å². The minimum Gasteiger partial charge on any atom is -0.507 e. The molecular formula is C24H22O5. The molecule has 5 nitrogen and oxygen atoms in total. The van der Waals surface area contributed by atoms with Crippen LogP contribution >= 0.6 is 0 Å². The number of aliphatic hydroxyl groups excluding tert-OH is 1. The van der Waals surface area contributed by atoms with Crippen molar-refractivity contribution < 1.29 is 24.1 Å². The van der Waals surface area contributed by atoms with E-state index in [-0.39, 0.29) is 19.0 Å². The van der Waals surface area contributed by atoms with E-state index in [2.05, 4.69) is 0 Å². The fraction of sp³-hybridized carbons (Fsp3) is 0.292. The third-order valence-electron chi connectivity index (χ3n) is 6.19. The van der Waals surface area contributed by atoms with Gasteiger partial charge in [0.15, 0.2) is 0 Å². The second-order valence-electron chi connectivity index (χ2n) is 8.02. The Hall–Kier alpha value is -3.21. The maximum absolute atomic E-state index is 12.9. The summed E-state index contributed by atoms with van der Waals surface area (Å²) in [6, 6.07) is 7.77. The second kappa shape index (κ2) is 6.14. The number of carbonyl (C=O) groups excluding carboxylic acids is 1. The summed E-state index contributed by atoms with van der Waals surface area (Å²) in [4.78, 5) is 12.9. The summed E-state index contributed by atoms with van der Waals surface area (Å²) in [6.07, 6.45) is 0. The molecular weight excluding hydrogens is 368 g/mol. The van der Waals surface area contributed by atoms with Crippen LogP contribution in [0, 0.1) is 33.6 Å². The van der Waals surface area contributed by atoms with Gasteiger partial charge in [0, 0.05) is 11.1 Å². The van der Waals surface area contributed by atoms with Gasteiger partial charge in [0.25, 0.3) is 0 Å². The van der Waals surface area contributed by atoms with Gasteiger partial charge in [0.1, 0.15) is 42.1 Å². The third-order valence-corrected chi connectivity index (χ3v) is 6.19. The largest absolute Gasteiger partial charge is 0.507 e. The molecule has 0 radical (unpaired) electrons. The fourth-order valence-corrected chi connectivity index (χ4v) is 4.18. The maximum atomic E-state index is 12.9. The topological polar surface area (TPSA) is 65.0 Å². The SMILES string of the molecule is Cc1cc2c(cc1C)C(O)=C(C1C(=O)OC3=C1COc1cc(C)c(C)cc13)CO2. The van der Waals surface area contributed by atoms with Crippen molar-refractivity contribution in [2.45, 2.75) is 27.7 Å². The van der Waals surface area contributed by atoms with Crippen molar-refractivity contribution >= 4 is 17.5 Å². The Balaban J connectivity index is 1.63. The highest BCUT2D eigenvalue weighted by molar-refractivity contribution is 5.96. The van der Waals surface area contributed by atoms with E-state index < -0.39 is 11.9 Å². The molecule has 3 aliphatic rings. The van der Waals surface area contributed by atoms with Gasteiger partial charge in [-0.2, -0.15) is 0 Å². The Morgan fingerprint density at radius 1 is 0.793 bits per heavy atom. The number of aryl methyl sites for hydroxylation is 4. The lowest BCUT2D eigenvalue weighted by Crippen LogP contribution is -2.25. The van der Waals surface area contributed by atoms with Crippen LogP contribution in [0.2, 0.25) is 0 Å². The fourth-order valence-electron chi connectivity index (χ4n) is 4.18. The van der Waals surface area contributed by atoms with Gasteiger partial charge in [0.2, 0.25) is 0 Å². The smallest absolute Gasteiger partial charge is 0.323 e. The van der Waals surface area contributed by atoms with E-state index in [9.17, 15) is 9.90 Å². The zero-order chi connectivity index (χ0) is 20.4. The lowest BCUT2D eigenvalue weighted by Gasteiger charge is -2.26. The number of ether oxygens (including phenoxy) is 3. The van der Waals surface area contributed by atoms with Gasteiger partial charge >= 0.3 is 5.97 Å². The normalized spacial score (nSPS) is 19.9. The zero-order valence-corrected chi connectivity index (χ0v) is 16.9. The molecule has 0 spiro atoms. The molecule has 0 bridgehead atoms. The van der Waals surface area contributed by atoms with Crippen LogP contribution < -0.4 is 9.47 Å². The summed E-state index contributed by atoms with van der Waals surface area (Å²) >= 11 is 0. The molecule has 0 aliphatic carbocycles. The molecule has 3 heterocycles. The van der Waals surface area contributed by atoms with Crippen molar-refractivity contribution in [2.24, 2.45) is 5.92 Å². The molecule has 148 valence electrons. The number of aliphatic hydroxyl groups is 1. The predicted molar refractivity (Wildman–Crippen MR) is 109 cm³/mol. The Bertz CT molecular complexity index is 1150. The minimum atomic E-state index is -0.700. The number of rotatable bonds is 1. The lowest BCUT2D eigenvalue weighted by atomic mass is 9.86. The Labute approximate surface area is 169 Å². The first kappa shape index (κ1) is 17.9. The molecule has 2 aromatic rings. The van der Waals surface area contributed by atoms with Crippen molar-refractivity contribution in [2.75, 3.05) is 13.2 Å². The monoisotopic (exact) mass is 390 g/mol. The Kier molecular flexibility index (Phi) is 3.78. The molecule has 3 aliphatic heterocycles. The molecule has 2 aromatic carbocycles. The number of hydrogen-bond donors (Lipinski definition) is 1. The van der Waals surface area contributed by atoms with Crippen LogP contribution in [0.5, 0.6) is 11.5 Å². The molecule has 1 unspecified atom stereocenters. The molecule has 29 heavy (non-hydrogen) atoms. The van der Waals surface area contributed by atoms with Gasteiger partial charge in [-0.1, -0.05) is 0 Å². The van der Waals surface area contributed by atoms with E-state index in [0.717, 1.165) is 39.1 Å². The van der Waals surface area contributed by atoms with Crippen LogP contribution in [-0.4, -0.2) is 24.3 Å². The lowest BCUT2D eigenvalue weighted by molar-refractivity contribution is -0.137. The highest BCUT2D eigenvalue weighted by Gasteiger charge is 2.44. The van der Waals surface area contributed by atoms with Gasteiger partial charge < -0.3 is 19.3 Å². The molecule has 5 rings (SSSR count). The highest BCUT2D eigenvalue weighted by atomic mass is 16.6. The first-order valence-electron chi connectivity index (χ1n) is 9.70. The van der Waals surface area contributed by atoms with Gasteiger partial charge in [-0.05, 0) is 74.2 Å². The number of esters is 1. The molecule has 1 atom stereocenters. The molecule has 0 amide bonds. The van der Waals surface area contributed by atoms with Crippen LogP contribution in [0.4, 0.5) is 0 Å². The van der Waals surface area contributed by atoms with E-state index in [1.807, 2.05) is 52.0 Å². The number of carbonyl (C=O) groups is 1. The third kappa shape index (κ3) is 2.57. The zero-order valence-electron chi connectivity index (χ0n) is 16.9. The molecule has 0 aromatic heterocycles. The van der Waals surface area contributed by atoms with Crippen LogP contribution in [-0.2, 0) is 9.53 Å². The summed E-state index contributed by atoms with van der Waals surface area (Å²) < 4.78 is 17.5. The number of fused-ring (bicyclic) bond motifs is 3. The summed E-state index contributed by atoms with van der Waals surface area (Å²) in [5, 5.41) is 11.0. The van der Waals surface area contributed by atoms with Gasteiger partial charge in [-0.3, -0.25) is 4.79 Å². The summed E-state index contributed by atoms with van der Waals surface area (Å²) in [5.74, 6) is 0.893. The molecule has 5 heteroatoms. The standard InChI is InChI=1S/C24H22O5/c1-11-5-15-19(7-13(11)3)27-9-17(22(15)25)21-18-10-28-20-8-14(4)12(2)6-16(20)23(18)29-24(21)26/h5-8,21,25H,9-10H2,1-4H3. The summed E-state index contributed by atoms with van der Waals surface area (Å²) in [6.45, 7) is 8.41. The Morgan fingerprint density at radius 3 is 1.97 bits per heavy atom. The van der Waals surface area contributed by atoms with Crippen LogP contribution in [0.1, 0.15) is 33.4 Å². The highest BCUT2D eigenvalue weighted by Crippen LogP contribution is 2.47. The Morgan fingerprint density at radius 2 is 1.31 bits per heavy atom. The maximum Gasteiger partial charge on any atom is 0.323 e. The molecule has 1 N–H and O–H groups in total. The van der Waals surface area contributed by atoms with Crippen LogP contribution in [0.25, 0.3) is 11.5 Å². The van der Waals surface area contributed by atoms with Crippen molar-refractivity contribution in [1.29, 1.82) is 0 Å². The van der Waals surface area contributed by atoms with E-state index in [4.69, 9.17) is 14.2 Å². The first-order chi connectivity index (χ1) is 13.8. The van der Waals surface area contributed by atoms with Gasteiger partial charge in [-0.25, -0.2) is 0 Å². The second-order valence-corrected chi connectivity index (χ2v) is 8.02. The first-order valence-corrected chi connectivity index (χ1v) is 9.70. The summed E-state index contributed by atoms with van der Waals surface area (Å²) in [5.41, 5.74) is 7.02. The average molecular weight is 390 g/mol. The summed E-state index contributed by atoms with van der Waals surface area (Å²) in [7, 11) is 0. The van der Waals surface area contributed by atoms with E-state index in [1.165, 1.54) is 0 Å². The van der Waals surface area contributed by atoms with Crippen molar-refractivity contribution in [3.05, 3.63) is 68.8 Å². The van der Waals surface area contributed by atoms with Gasteiger partial charge in [0.05, 0.1) is 11.1 Å². The predicted octanol–water partition coefficient (Wildman–Crippen LogP) is 4.56. The van der Waals surface area contributed by atoms with Crippen LogP contribution in [0.3, 0.4) is 0 Å². The van der Waals surface area contributed by atoms with E-state index in [1.54, 1.807) is 0 Å². The van der Waals surface area contributed by atoms with E-state index in [0.29, 0.717) is 22.6 Å². The minimum absolute atomic E-state index is 0.0935. The van der Waals surface area contributed by atoms with E-state index >= 15 is 0 Å². The van der Waals surface area contributed by atoms with Crippen molar-refractivity contribution in [1.82, 2.24) is 0 Å². The number of benzene rings is 2. The molecule has 0 saturated heterocycles. The average Bonchev–Trinajstić information content (AvgIpc) is 3.01. The number of hydrogen-bond acceptors (Lipinski definition) is 5. The molecule has 0 fully saturated rings. The van der Waals surface area contributed by atoms with Crippen molar-refractivity contribution in [3.63, 3.8) is 0 Å². The quantitative estimate of drug-likeness (QED) is 0.723. The van der Waals surface area contributed by atoms with Crippen molar-refractivity contribution in [3.8, 4) is 11.5 Å². The van der Waals surface area contributed by atoms with Gasteiger partial charge in [-0.15, -0.1) is 0 Å².